The number of hydrogen-bond donors (Lipinski definition) is 1. The molecule has 1 aromatic heterocycles. The van der Waals surface area contributed by atoms with Gasteiger partial charge < -0.3 is 0 Å². The summed E-state index contributed by atoms with van der Waals surface area (Å²) in [4.78, 5) is 15.7. The van der Waals surface area contributed by atoms with Gasteiger partial charge in [-0.25, -0.2) is 5.43 Å². The minimum atomic E-state index is -0.265. The van der Waals surface area contributed by atoms with Gasteiger partial charge in [-0.3, -0.25) is 9.78 Å². The molecule has 0 fully saturated rings. The standard InChI is InChI=1S/C20H15N3O/c24-20(19-11-13-21-14-12-19)23-22-15-18-9-7-17(8-10-18)6-5-16-3-1-2-4-16/h1-3,5-15H,(H,23,24)/b6-5+,22-15+. The van der Waals surface area contributed by atoms with Crippen LogP contribution in [-0.4, -0.2) is 17.1 Å². The van der Waals surface area contributed by atoms with Crippen molar-refractivity contribution < 1.29 is 4.79 Å². The van der Waals surface area contributed by atoms with Crippen molar-refractivity contribution in [3.63, 3.8) is 0 Å². The minimum absolute atomic E-state index is 0.265. The van der Waals surface area contributed by atoms with Crippen LogP contribution in [0.15, 0.2) is 89.5 Å². The van der Waals surface area contributed by atoms with Gasteiger partial charge in [0.15, 0.2) is 0 Å². The molecule has 1 aliphatic carbocycles. The lowest BCUT2D eigenvalue weighted by Crippen LogP contribution is -2.17. The summed E-state index contributed by atoms with van der Waals surface area (Å²) in [6, 6.07) is 11.1. The Balaban J connectivity index is 1.57. The molecule has 1 N–H and O–H groups in total. The molecule has 1 amide bonds. The summed E-state index contributed by atoms with van der Waals surface area (Å²) >= 11 is 0. The molecule has 0 spiro atoms. The first-order valence-corrected chi connectivity index (χ1v) is 7.46. The highest BCUT2D eigenvalue weighted by Gasteiger charge is 2.01. The zero-order valence-corrected chi connectivity index (χ0v) is 12.9. The van der Waals surface area contributed by atoms with E-state index in [1.165, 1.54) is 0 Å². The fraction of sp³-hybridized carbons (Fsp3) is 0. The molecule has 116 valence electrons. The fourth-order valence-electron chi connectivity index (χ4n) is 2.06. The molecule has 2 aromatic rings. The molecular weight excluding hydrogens is 298 g/mol. The number of amides is 1. The van der Waals surface area contributed by atoms with Crippen LogP contribution in [0.25, 0.3) is 6.08 Å². The normalized spacial score (nSPS) is 12.9. The lowest BCUT2D eigenvalue weighted by Gasteiger charge is -1.99. The monoisotopic (exact) mass is 313 g/mol. The van der Waals surface area contributed by atoms with Crippen molar-refractivity contribution in [2.24, 2.45) is 5.10 Å². The Labute approximate surface area is 140 Å². The Morgan fingerprint density at radius 3 is 2.50 bits per heavy atom. The van der Waals surface area contributed by atoms with Gasteiger partial charge in [-0.15, -0.1) is 5.73 Å². The average molecular weight is 313 g/mol. The van der Waals surface area contributed by atoms with E-state index in [0.717, 1.165) is 16.7 Å². The minimum Gasteiger partial charge on any atom is -0.267 e. The largest absolute Gasteiger partial charge is 0.271 e. The second-order valence-corrected chi connectivity index (χ2v) is 5.06. The second kappa shape index (κ2) is 7.68. The number of hydrogen-bond acceptors (Lipinski definition) is 3. The topological polar surface area (TPSA) is 54.4 Å². The predicted molar refractivity (Wildman–Crippen MR) is 95.5 cm³/mol. The third-order valence-corrected chi connectivity index (χ3v) is 3.34. The Bertz CT molecular complexity index is 869. The lowest BCUT2D eigenvalue weighted by molar-refractivity contribution is 0.0955. The molecule has 4 heteroatoms. The molecule has 0 bridgehead atoms. The van der Waals surface area contributed by atoms with E-state index < -0.39 is 0 Å². The summed E-state index contributed by atoms with van der Waals surface area (Å²) in [6.45, 7) is 0. The molecule has 0 atom stereocenters. The van der Waals surface area contributed by atoms with Crippen LogP contribution in [0, 0.1) is 0 Å². The molecule has 1 aromatic carbocycles. The maximum Gasteiger partial charge on any atom is 0.271 e. The highest BCUT2D eigenvalue weighted by Crippen LogP contribution is 2.09. The Hall–Kier alpha value is -3.49. The van der Waals surface area contributed by atoms with Crippen LogP contribution in [0.5, 0.6) is 0 Å². The first kappa shape index (κ1) is 15.4. The second-order valence-electron chi connectivity index (χ2n) is 5.06. The van der Waals surface area contributed by atoms with Gasteiger partial charge >= 0.3 is 0 Å². The maximum atomic E-state index is 11.8. The van der Waals surface area contributed by atoms with Gasteiger partial charge in [-0.2, -0.15) is 5.10 Å². The van der Waals surface area contributed by atoms with Gasteiger partial charge in [0.25, 0.3) is 5.91 Å². The van der Waals surface area contributed by atoms with E-state index in [0.29, 0.717) is 5.56 Å². The average Bonchev–Trinajstić information content (AvgIpc) is 3.15. The number of rotatable bonds is 5. The summed E-state index contributed by atoms with van der Waals surface area (Å²) in [5, 5.41) is 3.97. The Morgan fingerprint density at radius 1 is 1.04 bits per heavy atom. The van der Waals surface area contributed by atoms with Crippen LogP contribution >= 0.6 is 0 Å². The van der Waals surface area contributed by atoms with Crippen molar-refractivity contribution in [2.45, 2.75) is 0 Å². The molecule has 4 nitrogen and oxygen atoms in total. The van der Waals surface area contributed by atoms with Crippen LogP contribution in [0.4, 0.5) is 0 Å². The summed E-state index contributed by atoms with van der Waals surface area (Å²) in [5.41, 5.74) is 9.17. The number of benzene rings is 1. The number of pyridine rings is 1. The smallest absolute Gasteiger partial charge is 0.267 e. The number of nitrogens with one attached hydrogen (secondary N) is 1. The van der Waals surface area contributed by atoms with Gasteiger partial charge in [0.1, 0.15) is 0 Å². The summed E-state index contributed by atoms with van der Waals surface area (Å²) in [7, 11) is 0. The van der Waals surface area contributed by atoms with E-state index >= 15 is 0 Å². The number of carbonyl (C=O) groups excluding carboxylic acids is 1. The molecule has 1 aliphatic rings. The molecule has 0 radical (unpaired) electrons. The molecule has 3 rings (SSSR count). The van der Waals surface area contributed by atoms with Crippen LogP contribution in [0.2, 0.25) is 0 Å². The van der Waals surface area contributed by atoms with E-state index in [-0.39, 0.29) is 5.91 Å². The Kier molecular flexibility index (Phi) is 4.93. The van der Waals surface area contributed by atoms with Gasteiger partial charge in [0.05, 0.1) is 6.21 Å². The lowest BCUT2D eigenvalue weighted by atomic mass is 10.1. The van der Waals surface area contributed by atoms with Gasteiger partial charge in [0, 0.05) is 23.5 Å². The van der Waals surface area contributed by atoms with E-state index in [4.69, 9.17) is 0 Å². The van der Waals surface area contributed by atoms with E-state index in [9.17, 15) is 4.79 Å². The first-order chi connectivity index (χ1) is 11.8. The van der Waals surface area contributed by atoms with Crippen LogP contribution in [0.3, 0.4) is 0 Å². The summed E-state index contributed by atoms with van der Waals surface area (Å²) < 4.78 is 0. The number of hydrazone groups is 1. The van der Waals surface area contributed by atoms with Gasteiger partial charge in [-0.1, -0.05) is 36.4 Å². The van der Waals surface area contributed by atoms with Crippen molar-refractivity contribution >= 4 is 18.2 Å². The zero-order chi connectivity index (χ0) is 16.6. The number of carbonyl (C=O) groups is 1. The van der Waals surface area contributed by atoms with Crippen molar-refractivity contribution in [3.8, 4) is 0 Å². The van der Waals surface area contributed by atoms with Crippen molar-refractivity contribution in [2.75, 3.05) is 0 Å². The quantitative estimate of drug-likeness (QED) is 0.522. The van der Waals surface area contributed by atoms with Gasteiger partial charge in [0.2, 0.25) is 0 Å². The Morgan fingerprint density at radius 2 is 1.79 bits per heavy atom. The molecule has 0 saturated heterocycles. The van der Waals surface area contributed by atoms with Gasteiger partial charge in [-0.05, 0) is 41.5 Å². The summed E-state index contributed by atoms with van der Waals surface area (Å²) in [6.07, 6.45) is 14.6. The molecule has 0 aliphatic heterocycles. The third kappa shape index (κ3) is 4.26. The van der Waals surface area contributed by atoms with Crippen LogP contribution < -0.4 is 5.43 Å². The third-order valence-electron chi connectivity index (χ3n) is 3.34. The molecule has 0 unspecified atom stereocenters. The number of allylic oxidation sites excluding steroid dienone is 4. The highest BCUT2D eigenvalue weighted by atomic mass is 16.2. The molecular formula is C20H15N3O. The first-order valence-electron chi connectivity index (χ1n) is 7.46. The van der Waals surface area contributed by atoms with Crippen molar-refractivity contribution in [1.29, 1.82) is 0 Å². The number of aromatic nitrogens is 1. The van der Waals surface area contributed by atoms with Crippen LogP contribution in [0.1, 0.15) is 21.5 Å². The SMILES string of the molecule is O=C(N/N=C/c1ccc(/C=C/C2=C=CC=C2)cc1)c1ccncc1. The summed E-state index contributed by atoms with van der Waals surface area (Å²) in [5.74, 6) is -0.265. The van der Waals surface area contributed by atoms with E-state index in [2.05, 4.69) is 21.2 Å². The molecule has 0 saturated carbocycles. The molecule has 24 heavy (non-hydrogen) atoms. The van der Waals surface area contributed by atoms with Crippen molar-refractivity contribution in [1.82, 2.24) is 10.4 Å². The van der Waals surface area contributed by atoms with E-state index in [1.807, 2.05) is 54.6 Å². The highest BCUT2D eigenvalue weighted by molar-refractivity contribution is 5.94. The zero-order valence-electron chi connectivity index (χ0n) is 12.9. The van der Waals surface area contributed by atoms with Crippen molar-refractivity contribution in [3.05, 3.63) is 101 Å². The fourth-order valence-corrected chi connectivity index (χ4v) is 2.06. The van der Waals surface area contributed by atoms with E-state index in [1.54, 1.807) is 30.7 Å². The molecule has 1 heterocycles. The predicted octanol–water partition coefficient (Wildman–Crippen LogP) is 3.51. The maximum absolute atomic E-state index is 11.8. The number of nitrogens with zero attached hydrogens (tertiary/aromatic N) is 2. The van der Waals surface area contributed by atoms with Crippen LogP contribution in [-0.2, 0) is 0 Å².